The molecule has 0 radical (unpaired) electrons. The van der Waals surface area contributed by atoms with Gasteiger partial charge in [-0.2, -0.15) is 0 Å². The van der Waals surface area contributed by atoms with Crippen molar-refractivity contribution in [3.8, 4) is 0 Å². The van der Waals surface area contributed by atoms with E-state index in [9.17, 15) is 4.79 Å². The monoisotopic (exact) mass is 266 g/mol. The Bertz CT molecular complexity index is 330. The van der Waals surface area contributed by atoms with Crippen molar-refractivity contribution < 1.29 is 19.7 Å². The van der Waals surface area contributed by atoms with E-state index in [0.29, 0.717) is 19.6 Å². The second-order valence-electron chi connectivity index (χ2n) is 3.58. The van der Waals surface area contributed by atoms with Gasteiger partial charge in [-0.1, -0.05) is 6.08 Å². The normalized spacial score (nSPS) is 23.8. The number of nitrogens with zero attached hydrogens (tertiary/aromatic N) is 1. The molecule has 1 fully saturated rings. The van der Waals surface area contributed by atoms with E-state index < -0.39 is 18.5 Å². The molecule has 0 saturated carbocycles. The van der Waals surface area contributed by atoms with Gasteiger partial charge in [-0.05, 0) is 17.6 Å². The Kier molecular flexibility index (Phi) is 5.04. The van der Waals surface area contributed by atoms with E-state index in [1.54, 1.807) is 6.08 Å². The average Bonchev–Trinajstić information content (AvgIpc) is 2.16. The Morgan fingerprint density at radius 1 is 1.62 bits per heavy atom. The van der Waals surface area contributed by atoms with Crippen LogP contribution in [0.1, 0.15) is 0 Å². The summed E-state index contributed by atoms with van der Waals surface area (Å²) in [5, 5.41) is 11.7. The summed E-state index contributed by atoms with van der Waals surface area (Å²) >= 11 is 4.43. The maximum atomic E-state index is 10.7. The van der Waals surface area contributed by atoms with Crippen LogP contribution in [0.25, 0.3) is 0 Å². The maximum Gasteiger partial charge on any atom is 0.322 e. The summed E-state index contributed by atoms with van der Waals surface area (Å²) in [6, 6.07) is -0.562. The number of carboxylic acids is 1. The molecule has 1 saturated heterocycles. The highest BCUT2D eigenvalue weighted by molar-refractivity contribution is 8.10. The third-order valence-electron chi connectivity index (χ3n) is 2.22. The predicted molar refractivity (Wildman–Crippen MR) is 63.7 cm³/mol. The molecule has 1 aliphatic rings. The molecule has 0 aromatic carbocycles. The van der Waals surface area contributed by atoms with Crippen LogP contribution in [-0.2, 0) is 16.6 Å². The fourth-order valence-corrected chi connectivity index (χ4v) is 2.10. The molecule has 92 valence electrons. The lowest BCUT2D eigenvalue weighted by Gasteiger charge is -2.30. The van der Waals surface area contributed by atoms with Gasteiger partial charge >= 0.3 is 5.97 Å². The van der Waals surface area contributed by atoms with Gasteiger partial charge < -0.3 is 20.2 Å². The molecule has 1 aliphatic heterocycles. The summed E-state index contributed by atoms with van der Waals surface area (Å²) in [5.74, 6) is 0.336. The first-order valence-corrected chi connectivity index (χ1v) is 7.57. The quantitative estimate of drug-likeness (QED) is 0.493. The van der Waals surface area contributed by atoms with Crippen molar-refractivity contribution in [3.63, 3.8) is 0 Å². The Morgan fingerprint density at radius 2 is 2.31 bits per heavy atom. The Morgan fingerprint density at radius 3 is 2.88 bits per heavy atom. The highest BCUT2D eigenvalue weighted by Crippen LogP contribution is 2.36. The van der Waals surface area contributed by atoms with Gasteiger partial charge in [0.25, 0.3) is 0 Å². The highest BCUT2D eigenvalue weighted by atomic mass is 32.5. The predicted octanol–water partition coefficient (Wildman–Crippen LogP) is -0.847. The number of aliphatic carboxylic acids is 1. The molecular weight excluding hydrogens is 251 g/mol. The van der Waals surface area contributed by atoms with Crippen LogP contribution in [0.2, 0.25) is 0 Å². The van der Waals surface area contributed by atoms with Crippen molar-refractivity contribution >= 4 is 24.3 Å². The third-order valence-corrected chi connectivity index (χ3v) is 3.19. The van der Waals surface area contributed by atoms with Gasteiger partial charge in [-0.3, -0.25) is 9.69 Å². The number of carbonyl (C=O) groups is 1. The molecule has 1 atom stereocenters. The SMILES string of the molecule is O=C(O)[C@H]1CN(C/C=C/P(O)(O)=S)CCN1. The molecule has 8 heteroatoms. The molecule has 0 amide bonds. The van der Waals surface area contributed by atoms with E-state index in [1.165, 1.54) is 5.82 Å². The van der Waals surface area contributed by atoms with Crippen LogP contribution >= 0.6 is 6.49 Å². The van der Waals surface area contributed by atoms with E-state index in [4.69, 9.17) is 14.9 Å². The summed E-state index contributed by atoms with van der Waals surface area (Å²) in [5.41, 5.74) is 0. The van der Waals surface area contributed by atoms with E-state index >= 15 is 0 Å². The lowest BCUT2D eigenvalue weighted by molar-refractivity contribution is -0.140. The smallest absolute Gasteiger partial charge is 0.322 e. The van der Waals surface area contributed by atoms with Crippen LogP contribution < -0.4 is 5.32 Å². The molecule has 1 rings (SSSR count). The van der Waals surface area contributed by atoms with Crippen molar-refractivity contribution in [2.45, 2.75) is 6.04 Å². The molecule has 0 aliphatic carbocycles. The fourth-order valence-electron chi connectivity index (χ4n) is 1.48. The van der Waals surface area contributed by atoms with Crippen molar-refractivity contribution in [1.82, 2.24) is 10.2 Å². The van der Waals surface area contributed by atoms with E-state index in [-0.39, 0.29) is 0 Å². The van der Waals surface area contributed by atoms with Gasteiger partial charge in [-0.15, -0.1) is 0 Å². The highest BCUT2D eigenvalue weighted by Gasteiger charge is 2.23. The zero-order valence-corrected chi connectivity index (χ0v) is 10.3. The Labute approximate surface area is 98.7 Å². The molecule has 0 spiro atoms. The minimum absolute atomic E-state index is 0.402. The molecule has 0 aromatic heterocycles. The lowest BCUT2D eigenvalue weighted by Crippen LogP contribution is -2.54. The number of nitrogens with one attached hydrogen (secondary N) is 1. The molecular formula is C8H15N2O4PS. The molecule has 16 heavy (non-hydrogen) atoms. The van der Waals surface area contributed by atoms with Crippen LogP contribution in [0.5, 0.6) is 0 Å². The van der Waals surface area contributed by atoms with Gasteiger partial charge in [0.2, 0.25) is 6.49 Å². The number of rotatable bonds is 4. The third kappa shape index (κ3) is 5.16. The van der Waals surface area contributed by atoms with Crippen LogP contribution in [0, 0.1) is 0 Å². The van der Waals surface area contributed by atoms with Gasteiger partial charge in [0.15, 0.2) is 0 Å². The molecule has 0 bridgehead atoms. The van der Waals surface area contributed by atoms with Crippen LogP contribution in [0.4, 0.5) is 0 Å². The van der Waals surface area contributed by atoms with Crippen LogP contribution in [-0.4, -0.2) is 58.0 Å². The lowest BCUT2D eigenvalue weighted by atomic mass is 10.2. The summed E-state index contributed by atoms with van der Waals surface area (Å²) in [6.45, 7) is -1.06. The van der Waals surface area contributed by atoms with Crippen molar-refractivity contribution in [2.75, 3.05) is 26.2 Å². The number of carboxylic acid groups (broad SMARTS) is 1. The molecule has 0 aromatic rings. The fraction of sp³-hybridized carbons (Fsp3) is 0.625. The minimum Gasteiger partial charge on any atom is -0.480 e. The van der Waals surface area contributed by atoms with Gasteiger partial charge in [0.1, 0.15) is 6.04 Å². The van der Waals surface area contributed by atoms with Crippen LogP contribution in [0.3, 0.4) is 0 Å². The first kappa shape index (κ1) is 13.8. The summed E-state index contributed by atoms with van der Waals surface area (Å²) in [4.78, 5) is 30.6. The molecule has 4 N–H and O–H groups in total. The topological polar surface area (TPSA) is 93.0 Å². The first-order chi connectivity index (χ1) is 7.38. The summed E-state index contributed by atoms with van der Waals surface area (Å²) < 4.78 is 0. The molecule has 0 unspecified atom stereocenters. The van der Waals surface area contributed by atoms with Gasteiger partial charge in [-0.25, -0.2) is 0 Å². The number of piperazine rings is 1. The average molecular weight is 266 g/mol. The summed E-state index contributed by atoms with van der Waals surface area (Å²) in [7, 11) is 0. The van der Waals surface area contributed by atoms with E-state index in [1.807, 2.05) is 4.90 Å². The summed E-state index contributed by atoms with van der Waals surface area (Å²) in [6.07, 6.45) is 1.57. The van der Waals surface area contributed by atoms with Crippen molar-refractivity contribution in [2.24, 2.45) is 0 Å². The standard InChI is InChI=1S/C8H15N2O4PS/c11-8(12)7-6-10(4-2-9-7)3-1-5-15(13,14)16/h1,5,7,9H,2-4,6H2,(H,11,12)(H2,13,14,16)/b5-1+/t7-/m1/s1. The number of hydrogen-bond donors (Lipinski definition) is 4. The number of hydrogen-bond acceptors (Lipinski definition) is 4. The van der Waals surface area contributed by atoms with Crippen molar-refractivity contribution in [1.29, 1.82) is 0 Å². The maximum absolute atomic E-state index is 10.7. The Balaban J connectivity index is 2.41. The second-order valence-corrected chi connectivity index (χ2v) is 6.67. The second kappa shape index (κ2) is 5.86. The first-order valence-electron chi connectivity index (χ1n) is 4.80. The Hall–Kier alpha value is -0.300. The van der Waals surface area contributed by atoms with Gasteiger partial charge in [0.05, 0.1) is 0 Å². The molecule has 1 heterocycles. The zero-order valence-electron chi connectivity index (χ0n) is 8.61. The van der Waals surface area contributed by atoms with Gasteiger partial charge in [0, 0.05) is 26.2 Å². The zero-order chi connectivity index (χ0) is 12.2. The van der Waals surface area contributed by atoms with Crippen LogP contribution in [0.15, 0.2) is 11.9 Å². The van der Waals surface area contributed by atoms with E-state index in [2.05, 4.69) is 17.1 Å². The van der Waals surface area contributed by atoms with Crippen molar-refractivity contribution in [3.05, 3.63) is 11.9 Å². The largest absolute Gasteiger partial charge is 0.480 e. The molecule has 6 nitrogen and oxygen atoms in total. The van der Waals surface area contributed by atoms with E-state index in [0.717, 1.165) is 6.54 Å². The minimum atomic E-state index is -3.27.